The summed E-state index contributed by atoms with van der Waals surface area (Å²) >= 11 is 0. The lowest BCUT2D eigenvalue weighted by molar-refractivity contribution is -0.137. The molecule has 168 valence electrons. The molecule has 0 spiro atoms. The van der Waals surface area contributed by atoms with Crippen LogP contribution in [0.3, 0.4) is 0 Å². The molecule has 0 radical (unpaired) electrons. The van der Waals surface area contributed by atoms with Crippen LogP contribution < -0.4 is 9.62 Å². The Balaban J connectivity index is 2.09. The van der Waals surface area contributed by atoms with E-state index in [4.69, 9.17) is 0 Å². The average Bonchev–Trinajstić information content (AvgIpc) is 2.73. The van der Waals surface area contributed by atoms with Crippen molar-refractivity contribution in [3.8, 4) is 0 Å². The first-order valence-corrected chi connectivity index (χ1v) is 11.4. The van der Waals surface area contributed by atoms with Gasteiger partial charge in [0.1, 0.15) is 0 Å². The fraction of sp³-hybridized carbons (Fsp3) is 0.381. The molecule has 0 amide bonds. The van der Waals surface area contributed by atoms with Gasteiger partial charge in [-0.1, -0.05) is 13.0 Å². The second kappa shape index (κ2) is 8.78. The third-order valence-corrected chi connectivity index (χ3v) is 6.70. The Morgan fingerprint density at radius 3 is 2.35 bits per heavy atom. The second-order valence-electron chi connectivity index (χ2n) is 7.36. The second-order valence-corrected chi connectivity index (χ2v) is 9.01. The Labute approximate surface area is 178 Å². The van der Waals surface area contributed by atoms with Gasteiger partial charge < -0.3 is 10.0 Å². The summed E-state index contributed by atoms with van der Waals surface area (Å²) < 4.78 is 68.5. The van der Waals surface area contributed by atoms with Gasteiger partial charge in [0.15, 0.2) is 0 Å². The SMILES string of the molecule is CCc1ccc(C(=O)O)cc1S(=O)(=O)Nc1cc(C(F)(F)F)ccc1N1CCCCC1. The molecule has 10 heteroatoms. The number of aryl methyl sites for hydroxylation is 1. The number of halogens is 3. The highest BCUT2D eigenvalue weighted by molar-refractivity contribution is 7.92. The number of hydrogen-bond donors (Lipinski definition) is 2. The van der Waals surface area contributed by atoms with E-state index in [0.29, 0.717) is 30.8 Å². The molecule has 1 heterocycles. The highest BCUT2D eigenvalue weighted by Crippen LogP contribution is 2.37. The van der Waals surface area contributed by atoms with Crippen LogP contribution in [-0.4, -0.2) is 32.6 Å². The first-order valence-electron chi connectivity index (χ1n) is 9.88. The van der Waals surface area contributed by atoms with Crippen LogP contribution in [0.15, 0.2) is 41.3 Å². The standard InChI is InChI=1S/C21H23F3N2O4S/c1-2-14-6-7-15(20(27)28)12-19(14)31(29,30)25-17-13-16(21(22,23)24)8-9-18(17)26-10-4-3-5-11-26/h6-9,12-13,25H,2-5,10-11H2,1H3,(H,27,28). The van der Waals surface area contributed by atoms with Crippen molar-refractivity contribution in [1.29, 1.82) is 0 Å². The highest BCUT2D eigenvalue weighted by Gasteiger charge is 2.32. The minimum absolute atomic E-state index is 0.181. The first-order chi connectivity index (χ1) is 14.5. The van der Waals surface area contributed by atoms with Crippen LogP contribution in [-0.2, 0) is 22.6 Å². The van der Waals surface area contributed by atoms with Crippen LogP contribution >= 0.6 is 0 Å². The molecular formula is C21H23F3N2O4S. The van der Waals surface area contributed by atoms with Crippen LogP contribution in [0.5, 0.6) is 0 Å². The van der Waals surface area contributed by atoms with Crippen molar-refractivity contribution in [3.05, 3.63) is 53.1 Å². The number of sulfonamides is 1. The van der Waals surface area contributed by atoms with Gasteiger partial charge >= 0.3 is 12.1 Å². The molecule has 1 saturated heterocycles. The number of carboxylic acid groups (broad SMARTS) is 1. The molecule has 0 unspecified atom stereocenters. The van der Waals surface area contributed by atoms with Crippen molar-refractivity contribution in [2.45, 2.75) is 43.7 Å². The van der Waals surface area contributed by atoms with Gasteiger partial charge in [0, 0.05) is 13.1 Å². The summed E-state index contributed by atoms with van der Waals surface area (Å²) in [5, 5.41) is 9.22. The van der Waals surface area contributed by atoms with Crippen molar-refractivity contribution in [1.82, 2.24) is 0 Å². The predicted molar refractivity (Wildman–Crippen MR) is 111 cm³/mol. The summed E-state index contributed by atoms with van der Waals surface area (Å²) in [7, 11) is -4.34. The molecular weight excluding hydrogens is 433 g/mol. The van der Waals surface area contributed by atoms with Gasteiger partial charge in [-0.3, -0.25) is 4.72 Å². The number of anilines is 2. The van der Waals surface area contributed by atoms with Crippen molar-refractivity contribution in [3.63, 3.8) is 0 Å². The normalized spacial score (nSPS) is 15.0. The van der Waals surface area contributed by atoms with Gasteiger partial charge in [-0.25, -0.2) is 13.2 Å². The third kappa shape index (κ3) is 5.12. The molecule has 0 aromatic heterocycles. The summed E-state index contributed by atoms with van der Waals surface area (Å²) in [6.07, 6.45) is -1.63. The number of aromatic carboxylic acids is 1. The number of nitrogens with one attached hydrogen (secondary N) is 1. The number of piperidine rings is 1. The van der Waals surface area contributed by atoms with Crippen molar-refractivity contribution in [2.24, 2.45) is 0 Å². The van der Waals surface area contributed by atoms with Gasteiger partial charge in [0.25, 0.3) is 10.0 Å². The van der Waals surface area contributed by atoms with Gasteiger partial charge in [0.05, 0.1) is 27.4 Å². The number of alkyl halides is 3. The average molecular weight is 456 g/mol. The molecule has 1 fully saturated rings. The molecule has 1 aliphatic heterocycles. The number of hydrogen-bond acceptors (Lipinski definition) is 4. The maximum absolute atomic E-state index is 13.3. The number of rotatable bonds is 6. The number of carboxylic acids is 1. The van der Waals surface area contributed by atoms with Crippen molar-refractivity contribution < 1.29 is 31.5 Å². The Morgan fingerprint density at radius 2 is 1.77 bits per heavy atom. The molecule has 3 rings (SSSR count). The lowest BCUT2D eigenvalue weighted by Crippen LogP contribution is -2.30. The fourth-order valence-corrected chi connectivity index (χ4v) is 5.04. The maximum atomic E-state index is 13.3. The Hall–Kier alpha value is -2.75. The van der Waals surface area contributed by atoms with E-state index >= 15 is 0 Å². The van der Waals surface area contributed by atoms with Gasteiger partial charge in [-0.05, 0) is 61.6 Å². The molecule has 0 saturated carbocycles. The molecule has 2 aromatic carbocycles. The van der Waals surface area contributed by atoms with Crippen LogP contribution in [0.25, 0.3) is 0 Å². The largest absolute Gasteiger partial charge is 0.478 e. The van der Waals surface area contributed by atoms with Crippen LogP contribution in [0.4, 0.5) is 24.5 Å². The molecule has 6 nitrogen and oxygen atoms in total. The molecule has 0 atom stereocenters. The highest BCUT2D eigenvalue weighted by atomic mass is 32.2. The molecule has 1 aliphatic rings. The van der Waals surface area contributed by atoms with Crippen molar-refractivity contribution >= 4 is 27.4 Å². The quantitative estimate of drug-likeness (QED) is 0.655. The predicted octanol–water partition coefficient (Wildman–Crippen LogP) is 4.76. The van der Waals surface area contributed by atoms with Gasteiger partial charge in [-0.2, -0.15) is 13.2 Å². The van der Waals surface area contributed by atoms with E-state index in [9.17, 15) is 31.5 Å². The Bertz CT molecular complexity index is 1080. The Kier molecular flexibility index (Phi) is 6.49. The van der Waals surface area contributed by atoms with Crippen LogP contribution in [0, 0.1) is 0 Å². The van der Waals surface area contributed by atoms with Crippen molar-refractivity contribution in [2.75, 3.05) is 22.7 Å². The minimum Gasteiger partial charge on any atom is -0.478 e. The molecule has 31 heavy (non-hydrogen) atoms. The molecule has 2 N–H and O–H groups in total. The zero-order chi connectivity index (χ0) is 22.8. The zero-order valence-corrected chi connectivity index (χ0v) is 17.7. The van der Waals surface area contributed by atoms with E-state index in [1.165, 1.54) is 18.2 Å². The fourth-order valence-electron chi connectivity index (χ4n) is 3.63. The van der Waals surface area contributed by atoms with E-state index in [1.807, 2.05) is 4.90 Å². The lowest BCUT2D eigenvalue weighted by atomic mass is 10.1. The molecule has 2 aromatic rings. The zero-order valence-electron chi connectivity index (χ0n) is 16.9. The summed E-state index contributed by atoms with van der Waals surface area (Å²) in [6, 6.07) is 6.72. The number of carbonyl (C=O) groups is 1. The van der Waals surface area contributed by atoms with Crippen LogP contribution in [0.2, 0.25) is 0 Å². The van der Waals surface area contributed by atoms with Gasteiger partial charge in [0.2, 0.25) is 0 Å². The first kappa shape index (κ1) is 22.9. The Morgan fingerprint density at radius 1 is 1.10 bits per heavy atom. The smallest absolute Gasteiger partial charge is 0.416 e. The molecule has 0 bridgehead atoms. The van der Waals surface area contributed by atoms with Gasteiger partial charge in [-0.15, -0.1) is 0 Å². The summed E-state index contributed by atoms with van der Waals surface area (Å²) in [6.45, 7) is 2.92. The monoisotopic (exact) mass is 456 g/mol. The minimum atomic E-state index is -4.64. The van der Waals surface area contributed by atoms with E-state index in [-0.39, 0.29) is 16.1 Å². The van der Waals surface area contributed by atoms with E-state index in [1.54, 1.807) is 6.92 Å². The molecule has 0 aliphatic carbocycles. The van der Waals surface area contributed by atoms with E-state index < -0.39 is 27.7 Å². The summed E-state index contributed by atoms with van der Waals surface area (Å²) in [5.74, 6) is -1.30. The van der Waals surface area contributed by atoms with E-state index in [2.05, 4.69) is 4.72 Å². The summed E-state index contributed by atoms with van der Waals surface area (Å²) in [4.78, 5) is 12.9. The number of nitrogens with zero attached hydrogens (tertiary/aromatic N) is 1. The van der Waals surface area contributed by atoms with E-state index in [0.717, 1.165) is 37.5 Å². The lowest BCUT2D eigenvalue weighted by Gasteiger charge is -2.31. The topological polar surface area (TPSA) is 86.7 Å². The number of benzene rings is 2. The summed E-state index contributed by atoms with van der Waals surface area (Å²) in [5.41, 5.74) is -0.647. The van der Waals surface area contributed by atoms with Crippen LogP contribution in [0.1, 0.15) is 47.7 Å². The third-order valence-electron chi connectivity index (χ3n) is 5.25. The maximum Gasteiger partial charge on any atom is 0.416 e.